The van der Waals surface area contributed by atoms with Crippen LogP contribution in [0.2, 0.25) is 0 Å². The van der Waals surface area contributed by atoms with Gasteiger partial charge in [0.15, 0.2) is 0 Å². The summed E-state index contributed by atoms with van der Waals surface area (Å²) in [6.07, 6.45) is 3.21. The van der Waals surface area contributed by atoms with Crippen LogP contribution in [0.15, 0.2) is 35.6 Å². The van der Waals surface area contributed by atoms with E-state index in [0.717, 1.165) is 16.9 Å². The lowest BCUT2D eigenvalue weighted by Gasteiger charge is -2.11. The monoisotopic (exact) mass is 287 g/mol. The van der Waals surface area contributed by atoms with Gasteiger partial charge in [-0.2, -0.15) is 5.10 Å². The van der Waals surface area contributed by atoms with Gasteiger partial charge in [-0.05, 0) is 31.2 Å². The fraction of sp³-hybridized carbons (Fsp3) is 0.200. The standard InChI is InChI=1S/C15H17N3O3/c1-10-13(20-2)7-6-11(14(10)21-3)9-17-18-15(19)12-5-4-8-16-12/h4-9,16H,1-3H3,(H,18,19)/b17-9+. The summed E-state index contributed by atoms with van der Waals surface area (Å²) in [5.41, 5.74) is 4.52. The van der Waals surface area contributed by atoms with Crippen LogP contribution in [0.25, 0.3) is 0 Å². The zero-order chi connectivity index (χ0) is 15.2. The Morgan fingerprint density at radius 1 is 1.29 bits per heavy atom. The van der Waals surface area contributed by atoms with Crippen LogP contribution in [0.5, 0.6) is 11.5 Å². The van der Waals surface area contributed by atoms with Crippen molar-refractivity contribution < 1.29 is 14.3 Å². The number of rotatable bonds is 5. The van der Waals surface area contributed by atoms with Crippen LogP contribution in [0.4, 0.5) is 0 Å². The zero-order valence-electron chi connectivity index (χ0n) is 12.1. The molecule has 0 aliphatic carbocycles. The predicted molar refractivity (Wildman–Crippen MR) is 80.1 cm³/mol. The highest BCUT2D eigenvalue weighted by atomic mass is 16.5. The quantitative estimate of drug-likeness (QED) is 0.653. The summed E-state index contributed by atoms with van der Waals surface area (Å²) in [7, 11) is 3.18. The van der Waals surface area contributed by atoms with Crippen LogP contribution in [-0.2, 0) is 0 Å². The molecule has 1 heterocycles. The number of hydrazone groups is 1. The van der Waals surface area contributed by atoms with Crippen molar-refractivity contribution in [2.24, 2.45) is 5.10 Å². The first-order valence-electron chi connectivity index (χ1n) is 6.35. The fourth-order valence-corrected chi connectivity index (χ4v) is 1.98. The molecule has 1 aromatic heterocycles. The van der Waals surface area contributed by atoms with Crippen LogP contribution in [0.1, 0.15) is 21.6 Å². The molecule has 0 fully saturated rings. The third kappa shape index (κ3) is 3.22. The highest BCUT2D eigenvalue weighted by molar-refractivity contribution is 5.93. The van der Waals surface area contributed by atoms with E-state index in [1.54, 1.807) is 32.5 Å². The molecular formula is C15H17N3O3. The lowest BCUT2D eigenvalue weighted by molar-refractivity contribution is 0.0951. The number of nitrogens with zero attached hydrogens (tertiary/aromatic N) is 1. The Labute approximate surface area is 122 Å². The van der Waals surface area contributed by atoms with Gasteiger partial charge in [0, 0.05) is 17.3 Å². The molecule has 0 unspecified atom stereocenters. The van der Waals surface area contributed by atoms with Gasteiger partial charge in [0.25, 0.3) is 5.91 Å². The van der Waals surface area contributed by atoms with E-state index in [9.17, 15) is 4.79 Å². The number of carbonyl (C=O) groups is 1. The number of H-pyrrole nitrogens is 1. The van der Waals surface area contributed by atoms with Gasteiger partial charge in [-0.15, -0.1) is 0 Å². The summed E-state index contributed by atoms with van der Waals surface area (Å²) >= 11 is 0. The van der Waals surface area contributed by atoms with Crippen molar-refractivity contribution in [3.8, 4) is 11.5 Å². The van der Waals surface area contributed by atoms with E-state index < -0.39 is 0 Å². The number of ether oxygens (including phenoxy) is 2. The van der Waals surface area contributed by atoms with Crippen LogP contribution < -0.4 is 14.9 Å². The molecule has 2 rings (SSSR count). The second-order valence-electron chi connectivity index (χ2n) is 4.30. The minimum Gasteiger partial charge on any atom is -0.496 e. The summed E-state index contributed by atoms with van der Waals surface area (Å²) in [5.74, 6) is 1.09. The van der Waals surface area contributed by atoms with E-state index in [1.165, 1.54) is 6.21 Å². The maximum Gasteiger partial charge on any atom is 0.287 e. The molecule has 0 saturated carbocycles. The van der Waals surface area contributed by atoms with Crippen molar-refractivity contribution >= 4 is 12.1 Å². The molecule has 1 aromatic carbocycles. The molecule has 0 atom stereocenters. The summed E-state index contributed by atoms with van der Waals surface area (Å²) in [6.45, 7) is 1.90. The maximum atomic E-state index is 11.7. The van der Waals surface area contributed by atoms with Gasteiger partial charge in [0.1, 0.15) is 17.2 Å². The normalized spacial score (nSPS) is 10.6. The highest BCUT2D eigenvalue weighted by Crippen LogP contribution is 2.30. The lowest BCUT2D eigenvalue weighted by Crippen LogP contribution is -2.17. The molecule has 0 spiro atoms. The van der Waals surface area contributed by atoms with Gasteiger partial charge in [0.05, 0.1) is 20.4 Å². The van der Waals surface area contributed by atoms with E-state index in [2.05, 4.69) is 15.5 Å². The minimum absolute atomic E-state index is 0.305. The first kappa shape index (κ1) is 14.6. The van der Waals surface area contributed by atoms with Crippen molar-refractivity contribution in [3.05, 3.63) is 47.3 Å². The largest absolute Gasteiger partial charge is 0.496 e. The van der Waals surface area contributed by atoms with Gasteiger partial charge in [0.2, 0.25) is 0 Å². The Morgan fingerprint density at radius 3 is 2.71 bits per heavy atom. The van der Waals surface area contributed by atoms with Crippen molar-refractivity contribution in [2.75, 3.05) is 14.2 Å². The smallest absolute Gasteiger partial charge is 0.287 e. The molecule has 110 valence electrons. The molecule has 2 aromatic rings. The van der Waals surface area contributed by atoms with E-state index in [0.29, 0.717) is 11.4 Å². The van der Waals surface area contributed by atoms with E-state index >= 15 is 0 Å². The number of nitrogens with one attached hydrogen (secondary N) is 2. The number of methoxy groups -OCH3 is 2. The number of aromatic nitrogens is 1. The van der Waals surface area contributed by atoms with Crippen molar-refractivity contribution in [3.63, 3.8) is 0 Å². The van der Waals surface area contributed by atoms with Crippen molar-refractivity contribution in [1.82, 2.24) is 10.4 Å². The number of benzene rings is 1. The first-order chi connectivity index (χ1) is 10.2. The van der Waals surface area contributed by atoms with Crippen molar-refractivity contribution in [2.45, 2.75) is 6.92 Å². The Bertz CT molecular complexity index is 648. The second-order valence-corrected chi connectivity index (χ2v) is 4.30. The van der Waals surface area contributed by atoms with Crippen LogP contribution >= 0.6 is 0 Å². The first-order valence-corrected chi connectivity index (χ1v) is 6.35. The zero-order valence-corrected chi connectivity index (χ0v) is 12.1. The predicted octanol–water partition coefficient (Wildman–Crippen LogP) is 2.10. The molecular weight excluding hydrogens is 270 g/mol. The van der Waals surface area contributed by atoms with E-state index in [1.807, 2.05) is 19.1 Å². The Morgan fingerprint density at radius 2 is 2.10 bits per heavy atom. The molecule has 1 amide bonds. The summed E-state index contributed by atoms with van der Waals surface area (Å²) in [5, 5.41) is 3.94. The minimum atomic E-state index is -0.305. The average molecular weight is 287 g/mol. The lowest BCUT2D eigenvalue weighted by atomic mass is 10.1. The number of aromatic amines is 1. The molecule has 0 radical (unpaired) electrons. The third-order valence-corrected chi connectivity index (χ3v) is 3.02. The fourth-order valence-electron chi connectivity index (χ4n) is 1.98. The molecule has 0 bridgehead atoms. The summed E-state index contributed by atoms with van der Waals surface area (Å²) < 4.78 is 10.6. The van der Waals surface area contributed by atoms with Crippen LogP contribution in [0, 0.1) is 6.92 Å². The number of hydrogen-bond donors (Lipinski definition) is 2. The Balaban J connectivity index is 2.14. The SMILES string of the molecule is COc1ccc(/C=N/NC(=O)c2ccc[nH]2)c(OC)c1C. The van der Waals surface area contributed by atoms with E-state index in [-0.39, 0.29) is 5.91 Å². The van der Waals surface area contributed by atoms with Gasteiger partial charge in [-0.25, -0.2) is 5.43 Å². The number of hydrogen-bond acceptors (Lipinski definition) is 4. The van der Waals surface area contributed by atoms with Gasteiger partial charge >= 0.3 is 0 Å². The maximum absolute atomic E-state index is 11.7. The number of amides is 1. The summed E-state index contributed by atoms with van der Waals surface area (Å²) in [6, 6.07) is 7.05. The average Bonchev–Trinajstić information content (AvgIpc) is 3.02. The molecule has 0 aliphatic heterocycles. The van der Waals surface area contributed by atoms with E-state index in [4.69, 9.17) is 9.47 Å². The summed E-state index contributed by atoms with van der Waals surface area (Å²) in [4.78, 5) is 14.5. The highest BCUT2D eigenvalue weighted by Gasteiger charge is 2.10. The molecule has 0 saturated heterocycles. The Kier molecular flexibility index (Phi) is 4.61. The number of carbonyl (C=O) groups excluding carboxylic acids is 1. The molecule has 0 aliphatic rings. The topological polar surface area (TPSA) is 75.7 Å². The van der Waals surface area contributed by atoms with Crippen LogP contribution in [-0.4, -0.2) is 31.3 Å². The van der Waals surface area contributed by atoms with Gasteiger partial charge in [-0.3, -0.25) is 4.79 Å². The van der Waals surface area contributed by atoms with Crippen LogP contribution in [0.3, 0.4) is 0 Å². The third-order valence-electron chi connectivity index (χ3n) is 3.02. The second kappa shape index (κ2) is 6.60. The van der Waals surface area contributed by atoms with Crippen molar-refractivity contribution in [1.29, 1.82) is 0 Å². The molecule has 2 N–H and O–H groups in total. The van der Waals surface area contributed by atoms with Gasteiger partial charge < -0.3 is 14.5 Å². The Hall–Kier alpha value is -2.76. The molecule has 21 heavy (non-hydrogen) atoms. The van der Waals surface area contributed by atoms with Gasteiger partial charge in [-0.1, -0.05) is 0 Å². The molecule has 6 heteroatoms. The molecule has 6 nitrogen and oxygen atoms in total.